The van der Waals surface area contributed by atoms with Gasteiger partial charge in [0.05, 0.1) is 0 Å². The van der Waals surface area contributed by atoms with Gasteiger partial charge in [0, 0.05) is 17.9 Å². The lowest BCUT2D eigenvalue weighted by atomic mass is 9.64. The lowest BCUT2D eigenvalue weighted by Crippen LogP contribution is -2.47. The highest BCUT2D eigenvalue weighted by molar-refractivity contribution is 5.79. The Hall–Kier alpha value is -1.35. The van der Waals surface area contributed by atoms with Crippen LogP contribution in [0.2, 0.25) is 0 Å². The van der Waals surface area contributed by atoms with Gasteiger partial charge in [0.25, 0.3) is 0 Å². The summed E-state index contributed by atoms with van der Waals surface area (Å²) >= 11 is 0. The Kier molecular flexibility index (Phi) is 4.29. The van der Waals surface area contributed by atoms with Crippen LogP contribution < -0.4 is 11.1 Å². The van der Waals surface area contributed by atoms with Gasteiger partial charge in [-0.1, -0.05) is 43.2 Å². The van der Waals surface area contributed by atoms with Gasteiger partial charge in [-0.15, -0.1) is 0 Å². The fourth-order valence-electron chi connectivity index (χ4n) is 4.01. The third-order valence-corrected chi connectivity index (χ3v) is 5.60. The Morgan fingerprint density at radius 1 is 1.19 bits per heavy atom. The molecule has 0 aromatic heterocycles. The summed E-state index contributed by atoms with van der Waals surface area (Å²) in [6.45, 7) is 1.42. The van der Waals surface area contributed by atoms with Crippen LogP contribution in [0.3, 0.4) is 0 Å². The molecule has 114 valence electrons. The van der Waals surface area contributed by atoms with Crippen molar-refractivity contribution in [2.24, 2.45) is 17.6 Å². The van der Waals surface area contributed by atoms with Gasteiger partial charge in [0.1, 0.15) is 0 Å². The molecule has 0 radical (unpaired) electrons. The highest BCUT2D eigenvalue weighted by Gasteiger charge is 2.40. The summed E-state index contributed by atoms with van der Waals surface area (Å²) in [4.78, 5) is 12.5. The Morgan fingerprint density at radius 2 is 1.95 bits per heavy atom. The minimum absolute atomic E-state index is 0.142. The van der Waals surface area contributed by atoms with Crippen LogP contribution >= 0.6 is 0 Å². The smallest absolute Gasteiger partial charge is 0.223 e. The molecule has 2 aliphatic carbocycles. The number of carbonyl (C=O) groups is 1. The third kappa shape index (κ3) is 2.84. The highest BCUT2D eigenvalue weighted by Crippen LogP contribution is 2.43. The van der Waals surface area contributed by atoms with Crippen molar-refractivity contribution in [3.63, 3.8) is 0 Å². The summed E-state index contributed by atoms with van der Waals surface area (Å²) in [5, 5.41) is 3.24. The van der Waals surface area contributed by atoms with E-state index in [1.807, 2.05) is 0 Å². The molecule has 2 saturated carbocycles. The van der Waals surface area contributed by atoms with Crippen LogP contribution in [0, 0.1) is 11.8 Å². The molecular formula is C18H26N2O. The molecule has 21 heavy (non-hydrogen) atoms. The van der Waals surface area contributed by atoms with E-state index in [0.29, 0.717) is 12.5 Å². The van der Waals surface area contributed by atoms with Gasteiger partial charge in [0.2, 0.25) is 5.91 Å². The van der Waals surface area contributed by atoms with Crippen molar-refractivity contribution in [1.82, 2.24) is 5.32 Å². The van der Waals surface area contributed by atoms with Crippen molar-refractivity contribution in [2.75, 3.05) is 13.1 Å². The van der Waals surface area contributed by atoms with E-state index in [1.54, 1.807) is 0 Å². The van der Waals surface area contributed by atoms with Gasteiger partial charge < -0.3 is 11.1 Å². The fourth-order valence-corrected chi connectivity index (χ4v) is 4.01. The Bertz CT molecular complexity index is 481. The van der Waals surface area contributed by atoms with Crippen LogP contribution in [0.25, 0.3) is 0 Å². The summed E-state index contributed by atoms with van der Waals surface area (Å²) in [7, 11) is 0. The maximum Gasteiger partial charge on any atom is 0.223 e. The number of amides is 1. The number of nitrogens with one attached hydrogen (secondary N) is 1. The standard InChI is InChI=1S/C18H26N2O/c19-12-14-6-4-9-16(14)17(21)20-13-18(10-5-11-18)15-7-2-1-3-8-15/h1-3,7-8,14,16H,4-6,9-13,19H2,(H,20,21)/t14-,16-/m1/s1. The van der Waals surface area contributed by atoms with Gasteiger partial charge in [-0.3, -0.25) is 4.79 Å². The molecule has 0 saturated heterocycles. The zero-order valence-corrected chi connectivity index (χ0v) is 12.7. The first-order valence-electron chi connectivity index (χ1n) is 8.28. The summed E-state index contributed by atoms with van der Waals surface area (Å²) < 4.78 is 0. The lowest BCUT2D eigenvalue weighted by molar-refractivity contribution is -0.126. The van der Waals surface area contributed by atoms with Crippen molar-refractivity contribution in [3.8, 4) is 0 Å². The van der Waals surface area contributed by atoms with Gasteiger partial charge in [-0.25, -0.2) is 0 Å². The zero-order valence-electron chi connectivity index (χ0n) is 12.7. The molecule has 0 unspecified atom stereocenters. The highest BCUT2D eigenvalue weighted by atomic mass is 16.1. The predicted molar refractivity (Wildman–Crippen MR) is 84.9 cm³/mol. The molecule has 1 aromatic carbocycles. The van der Waals surface area contributed by atoms with E-state index in [-0.39, 0.29) is 17.2 Å². The molecular weight excluding hydrogens is 260 g/mol. The maximum absolute atomic E-state index is 12.5. The van der Waals surface area contributed by atoms with Crippen LogP contribution in [0.5, 0.6) is 0 Å². The number of carbonyl (C=O) groups excluding carboxylic acids is 1. The average molecular weight is 286 g/mol. The van der Waals surface area contributed by atoms with E-state index in [9.17, 15) is 4.79 Å². The molecule has 3 heteroatoms. The third-order valence-electron chi connectivity index (χ3n) is 5.60. The van der Waals surface area contributed by atoms with Crippen LogP contribution in [0.1, 0.15) is 44.1 Å². The molecule has 3 rings (SSSR count). The summed E-state index contributed by atoms with van der Waals surface area (Å²) in [5.74, 6) is 0.757. The summed E-state index contributed by atoms with van der Waals surface area (Å²) in [6.07, 6.45) is 6.89. The van der Waals surface area contributed by atoms with Crippen molar-refractivity contribution >= 4 is 5.91 Å². The largest absolute Gasteiger partial charge is 0.355 e. The van der Waals surface area contributed by atoms with Gasteiger partial charge >= 0.3 is 0 Å². The molecule has 1 amide bonds. The van der Waals surface area contributed by atoms with Crippen LogP contribution in [-0.4, -0.2) is 19.0 Å². The van der Waals surface area contributed by atoms with E-state index in [1.165, 1.54) is 24.8 Å². The minimum atomic E-state index is 0.142. The van der Waals surface area contributed by atoms with Crippen LogP contribution in [0.15, 0.2) is 30.3 Å². The monoisotopic (exact) mass is 286 g/mol. The Morgan fingerprint density at radius 3 is 2.57 bits per heavy atom. The molecule has 0 spiro atoms. The molecule has 1 aromatic rings. The van der Waals surface area contributed by atoms with E-state index in [4.69, 9.17) is 5.73 Å². The first kappa shape index (κ1) is 14.6. The Balaban J connectivity index is 1.62. The van der Waals surface area contributed by atoms with Crippen LogP contribution in [-0.2, 0) is 10.2 Å². The van der Waals surface area contributed by atoms with E-state index >= 15 is 0 Å². The van der Waals surface area contributed by atoms with E-state index in [0.717, 1.165) is 25.8 Å². The van der Waals surface area contributed by atoms with Gasteiger partial charge in [-0.2, -0.15) is 0 Å². The van der Waals surface area contributed by atoms with Crippen molar-refractivity contribution < 1.29 is 4.79 Å². The molecule has 3 N–H and O–H groups in total. The number of benzene rings is 1. The number of rotatable bonds is 5. The SMILES string of the molecule is NC[C@H]1CCC[C@H]1C(=O)NCC1(c2ccccc2)CCC1. The quantitative estimate of drug-likeness (QED) is 0.874. The van der Waals surface area contributed by atoms with E-state index in [2.05, 4.69) is 35.6 Å². The molecule has 2 aliphatic rings. The molecule has 0 heterocycles. The second-order valence-corrected chi connectivity index (χ2v) is 6.75. The van der Waals surface area contributed by atoms with Crippen molar-refractivity contribution in [2.45, 2.75) is 43.9 Å². The second kappa shape index (κ2) is 6.18. The summed E-state index contributed by atoms with van der Waals surface area (Å²) in [6, 6.07) is 10.6. The van der Waals surface area contributed by atoms with E-state index < -0.39 is 0 Å². The minimum Gasteiger partial charge on any atom is -0.355 e. The molecule has 2 atom stereocenters. The van der Waals surface area contributed by atoms with Crippen molar-refractivity contribution in [3.05, 3.63) is 35.9 Å². The normalized spacial score (nSPS) is 27.1. The number of nitrogens with two attached hydrogens (primary N) is 1. The number of hydrogen-bond donors (Lipinski definition) is 2. The topological polar surface area (TPSA) is 55.1 Å². The first-order chi connectivity index (χ1) is 10.2. The zero-order chi connectivity index (χ0) is 14.7. The van der Waals surface area contributed by atoms with Crippen molar-refractivity contribution in [1.29, 1.82) is 0 Å². The average Bonchev–Trinajstić information content (AvgIpc) is 2.95. The van der Waals surface area contributed by atoms with Gasteiger partial charge in [0.15, 0.2) is 0 Å². The lowest BCUT2D eigenvalue weighted by Gasteiger charge is -2.43. The summed E-state index contributed by atoms with van der Waals surface area (Å²) in [5.41, 5.74) is 7.34. The first-order valence-corrected chi connectivity index (χ1v) is 8.28. The molecule has 2 fully saturated rings. The Labute approximate surface area is 127 Å². The predicted octanol–water partition coefficient (Wildman–Crippen LogP) is 2.60. The number of hydrogen-bond acceptors (Lipinski definition) is 2. The molecule has 0 bridgehead atoms. The second-order valence-electron chi connectivity index (χ2n) is 6.75. The van der Waals surface area contributed by atoms with Gasteiger partial charge in [-0.05, 0) is 43.7 Å². The fraction of sp³-hybridized carbons (Fsp3) is 0.611. The molecule has 0 aliphatic heterocycles. The maximum atomic E-state index is 12.5. The van der Waals surface area contributed by atoms with Crippen LogP contribution in [0.4, 0.5) is 0 Å². The molecule has 3 nitrogen and oxygen atoms in total.